The number of primary amides is 1. The van der Waals surface area contributed by atoms with Gasteiger partial charge in [0.25, 0.3) is 0 Å². The molecular weight excluding hydrogens is 280 g/mol. The number of carbonyl (C=O) groups excluding carboxylic acids is 1. The zero-order valence-electron chi connectivity index (χ0n) is 12.9. The molecule has 1 aromatic carbocycles. The van der Waals surface area contributed by atoms with Gasteiger partial charge in [-0.1, -0.05) is 42.5 Å². The molecule has 2 aromatic rings. The predicted octanol–water partition coefficient (Wildman–Crippen LogP) is 1.25. The van der Waals surface area contributed by atoms with Crippen LogP contribution in [-0.4, -0.2) is 31.6 Å². The fraction of sp³-hybridized carbons (Fsp3) is 0.438. The van der Waals surface area contributed by atoms with Gasteiger partial charge in [-0.15, -0.1) is 5.10 Å². The summed E-state index contributed by atoms with van der Waals surface area (Å²) in [6, 6.07) is 9.04. The first-order valence-corrected chi connectivity index (χ1v) is 7.37. The van der Waals surface area contributed by atoms with Crippen molar-refractivity contribution in [3.8, 4) is 0 Å². The maximum Gasteiger partial charge on any atom is 0.242 e. The summed E-state index contributed by atoms with van der Waals surface area (Å²) < 4.78 is 1.48. The van der Waals surface area contributed by atoms with E-state index in [4.69, 9.17) is 5.73 Å². The molecule has 0 aliphatic carbocycles. The molecule has 1 aromatic heterocycles. The van der Waals surface area contributed by atoms with E-state index >= 15 is 0 Å². The Labute approximate surface area is 129 Å². The molecule has 6 nitrogen and oxygen atoms in total. The largest absolute Gasteiger partial charge is 0.390 e. The maximum atomic E-state index is 11.7. The number of nitrogens with zero attached hydrogens (tertiary/aromatic N) is 3. The molecular formula is C16H22N4O2. The number of aromatic nitrogens is 3. The molecule has 2 rings (SSSR count). The predicted molar refractivity (Wildman–Crippen MR) is 83.0 cm³/mol. The van der Waals surface area contributed by atoms with Gasteiger partial charge in [-0.25, -0.2) is 4.68 Å². The van der Waals surface area contributed by atoms with E-state index in [9.17, 15) is 9.90 Å². The van der Waals surface area contributed by atoms with Crippen LogP contribution in [0.3, 0.4) is 0 Å². The van der Waals surface area contributed by atoms with Gasteiger partial charge < -0.3 is 10.8 Å². The normalized spacial score (nSPS) is 15.2. The molecule has 3 N–H and O–H groups in total. The van der Waals surface area contributed by atoms with E-state index in [0.717, 1.165) is 5.56 Å². The number of rotatable bonds is 7. The van der Waals surface area contributed by atoms with E-state index in [1.807, 2.05) is 37.3 Å². The van der Waals surface area contributed by atoms with Gasteiger partial charge in [0.15, 0.2) is 0 Å². The summed E-state index contributed by atoms with van der Waals surface area (Å²) in [6.07, 6.45) is 3.15. The third kappa shape index (κ3) is 4.14. The average Bonchev–Trinajstić information content (AvgIpc) is 2.93. The molecule has 0 saturated heterocycles. The van der Waals surface area contributed by atoms with Crippen LogP contribution in [0.2, 0.25) is 0 Å². The van der Waals surface area contributed by atoms with Crippen LogP contribution in [0.25, 0.3) is 0 Å². The van der Waals surface area contributed by atoms with Crippen LogP contribution in [-0.2, 0) is 17.6 Å². The molecule has 0 radical (unpaired) electrons. The zero-order valence-corrected chi connectivity index (χ0v) is 12.9. The van der Waals surface area contributed by atoms with Gasteiger partial charge in [0.2, 0.25) is 5.91 Å². The van der Waals surface area contributed by atoms with Crippen LogP contribution in [0.1, 0.15) is 37.6 Å². The molecule has 22 heavy (non-hydrogen) atoms. The first-order chi connectivity index (χ1) is 10.4. The second kappa shape index (κ2) is 6.70. The van der Waals surface area contributed by atoms with Gasteiger partial charge in [0.05, 0.1) is 11.3 Å². The Balaban J connectivity index is 2.16. The first-order valence-electron chi connectivity index (χ1n) is 7.37. The van der Waals surface area contributed by atoms with Crippen LogP contribution >= 0.6 is 0 Å². The summed E-state index contributed by atoms with van der Waals surface area (Å²) in [4.78, 5) is 11.7. The smallest absolute Gasteiger partial charge is 0.242 e. The minimum Gasteiger partial charge on any atom is -0.390 e. The molecule has 6 heteroatoms. The minimum absolute atomic E-state index is 0.389. The lowest BCUT2D eigenvalue weighted by molar-refractivity contribution is -0.121. The van der Waals surface area contributed by atoms with Gasteiger partial charge in [-0.3, -0.25) is 4.79 Å². The third-order valence-corrected chi connectivity index (χ3v) is 3.80. The first kappa shape index (κ1) is 16.2. The number of hydrogen-bond acceptors (Lipinski definition) is 4. The SMILES string of the molecule is CCC(C)(O)Cc1cn(C(Cc2ccccc2)C(N)=O)nn1. The van der Waals surface area contributed by atoms with Gasteiger partial charge >= 0.3 is 0 Å². The number of amides is 1. The second-order valence-corrected chi connectivity index (χ2v) is 5.83. The number of aliphatic hydroxyl groups is 1. The number of benzene rings is 1. The molecule has 0 aliphatic heterocycles. The monoisotopic (exact) mass is 302 g/mol. The molecule has 0 saturated carbocycles. The highest BCUT2D eigenvalue weighted by molar-refractivity contribution is 5.78. The lowest BCUT2D eigenvalue weighted by Crippen LogP contribution is -2.29. The Bertz CT molecular complexity index is 622. The van der Waals surface area contributed by atoms with E-state index in [1.165, 1.54) is 4.68 Å². The zero-order chi connectivity index (χ0) is 16.2. The number of hydrogen-bond donors (Lipinski definition) is 2. The molecule has 2 atom stereocenters. The van der Waals surface area contributed by atoms with Crippen molar-refractivity contribution in [2.75, 3.05) is 0 Å². The number of carbonyl (C=O) groups is 1. The van der Waals surface area contributed by atoms with Crippen molar-refractivity contribution in [2.24, 2.45) is 5.73 Å². The standard InChI is InChI=1S/C16H22N4O2/c1-3-16(2,22)10-13-11-20(19-18-13)14(15(17)21)9-12-7-5-4-6-8-12/h4-8,11,14,22H,3,9-10H2,1-2H3,(H2,17,21). The van der Waals surface area contributed by atoms with Crippen LogP contribution in [0.4, 0.5) is 0 Å². The van der Waals surface area contributed by atoms with E-state index in [1.54, 1.807) is 13.1 Å². The summed E-state index contributed by atoms with van der Waals surface area (Å²) in [7, 11) is 0. The molecule has 1 amide bonds. The van der Waals surface area contributed by atoms with Crippen LogP contribution in [0.15, 0.2) is 36.5 Å². The molecule has 118 valence electrons. The van der Waals surface area contributed by atoms with Gasteiger partial charge in [-0.2, -0.15) is 0 Å². The Morgan fingerprint density at radius 3 is 2.68 bits per heavy atom. The lowest BCUT2D eigenvalue weighted by atomic mass is 9.98. The summed E-state index contributed by atoms with van der Waals surface area (Å²) in [5.74, 6) is -0.456. The summed E-state index contributed by atoms with van der Waals surface area (Å²) in [5.41, 5.74) is 6.32. The molecule has 2 unspecified atom stereocenters. The number of nitrogens with two attached hydrogens (primary N) is 1. The van der Waals surface area contributed by atoms with Crippen molar-refractivity contribution < 1.29 is 9.90 Å². The van der Waals surface area contributed by atoms with Crippen LogP contribution < -0.4 is 5.73 Å². The van der Waals surface area contributed by atoms with Crippen molar-refractivity contribution >= 4 is 5.91 Å². The molecule has 1 heterocycles. The van der Waals surface area contributed by atoms with Crippen LogP contribution in [0.5, 0.6) is 0 Å². The van der Waals surface area contributed by atoms with Crippen molar-refractivity contribution in [3.05, 3.63) is 47.8 Å². The Kier molecular flexibility index (Phi) is 4.92. The topological polar surface area (TPSA) is 94.0 Å². The maximum absolute atomic E-state index is 11.7. The van der Waals surface area contributed by atoms with Crippen molar-refractivity contribution in [2.45, 2.75) is 44.8 Å². The van der Waals surface area contributed by atoms with E-state index in [2.05, 4.69) is 10.3 Å². The van der Waals surface area contributed by atoms with Gasteiger partial charge in [0.1, 0.15) is 6.04 Å². The average molecular weight is 302 g/mol. The van der Waals surface area contributed by atoms with Gasteiger partial charge in [-0.05, 0) is 18.9 Å². The molecule has 0 spiro atoms. The Hall–Kier alpha value is -2.21. The fourth-order valence-electron chi connectivity index (χ4n) is 2.22. The molecule has 0 aliphatic rings. The quantitative estimate of drug-likeness (QED) is 0.805. The van der Waals surface area contributed by atoms with Crippen molar-refractivity contribution in [1.29, 1.82) is 0 Å². The molecule has 0 fully saturated rings. The fourth-order valence-corrected chi connectivity index (χ4v) is 2.22. The Morgan fingerprint density at radius 1 is 1.41 bits per heavy atom. The summed E-state index contributed by atoms with van der Waals surface area (Å²) >= 11 is 0. The summed E-state index contributed by atoms with van der Waals surface area (Å²) in [6.45, 7) is 3.66. The van der Waals surface area contributed by atoms with Crippen molar-refractivity contribution in [3.63, 3.8) is 0 Å². The summed E-state index contributed by atoms with van der Waals surface area (Å²) in [5, 5.41) is 18.1. The van der Waals surface area contributed by atoms with E-state index < -0.39 is 17.6 Å². The van der Waals surface area contributed by atoms with Crippen molar-refractivity contribution in [1.82, 2.24) is 15.0 Å². The van der Waals surface area contributed by atoms with E-state index in [-0.39, 0.29) is 0 Å². The van der Waals surface area contributed by atoms with E-state index in [0.29, 0.717) is 25.0 Å². The lowest BCUT2D eigenvalue weighted by Gasteiger charge is -2.19. The third-order valence-electron chi connectivity index (χ3n) is 3.80. The minimum atomic E-state index is -0.831. The highest BCUT2D eigenvalue weighted by atomic mass is 16.3. The van der Waals surface area contributed by atoms with Crippen LogP contribution in [0, 0.1) is 0 Å². The highest BCUT2D eigenvalue weighted by Gasteiger charge is 2.23. The van der Waals surface area contributed by atoms with Gasteiger partial charge in [0, 0.05) is 19.0 Å². The second-order valence-electron chi connectivity index (χ2n) is 5.83. The molecule has 0 bridgehead atoms. The highest BCUT2D eigenvalue weighted by Crippen LogP contribution is 2.17. The Morgan fingerprint density at radius 2 is 2.09 bits per heavy atom.